The molecule has 8 nitrogen and oxygen atoms in total. The van der Waals surface area contributed by atoms with Crippen molar-refractivity contribution in [1.29, 1.82) is 0 Å². The van der Waals surface area contributed by atoms with E-state index in [1.807, 2.05) is 37.3 Å². The number of hydrogen-bond donors (Lipinski definition) is 2. The van der Waals surface area contributed by atoms with Gasteiger partial charge in [-0.15, -0.1) is 0 Å². The number of benzene rings is 1. The van der Waals surface area contributed by atoms with Gasteiger partial charge in [-0.1, -0.05) is 43.7 Å². The molecule has 3 aromatic rings. The van der Waals surface area contributed by atoms with Crippen molar-refractivity contribution in [3.63, 3.8) is 0 Å². The number of nitrogens with two attached hydrogens (primary N) is 1. The predicted octanol–water partition coefficient (Wildman–Crippen LogP) is 2.21. The molecule has 2 aromatic heterocycles. The number of rotatable bonds is 7. The highest BCUT2D eigenvalue weighted by atomic mass is 16.4. The third kappa shape index (κ3) is 3.94. The van der Waals surface area contributed by atoms with Crippen molar-refractivity contribution in [2.24, 2.45) is 0 Å². The number of anilines is 2. The van der Waals surface area contributed by atoms with Gasteiger partial charge < -0.3 is 15.1 Å². The topological polar surface area (TPSA) is 110 Å². The summed E-state index contributed by atoms with van der Waals surface area (Å²) in [6, 6.07) is 9.63. The van der Waals surface area contributed by atoms with Crippen LogP contribution in [0.1, 0.15) is 25.7 Å². The number of aromatic nitrogens is 3. The highest BCUT2D eigenvalue weighted by molar-refractivity contribution is 5.62. The fourth-order valence-electron chi connectivity index (χ4n) is 2.89. The van der Waals surface area contributed by atoms with E-state index in [1.54, 1.807) is 18.1 Å². The Morgan fingerprint density at radius 1 is 1.26 bits per heavy atom. The molecule has 3 N–H and O–H groups in total. The lowest BCUT2D eigenvalue weighted by Gasteiger charge is -2.20. The molecular formula is C19H23N5O3. The SMILES string of the molecule is CCCCn1c(N)c(N(C)Cc2ncc(-c3ccccc3)o2)c(=O)[nH]c1=O. The minimum absolute atomic E-state index is 0.148. The van der Waals surface area contributed by atoms with Gasteiger partial charge in [-0.25, -0.2) is 9.78 Å². The van der Waals surface area contributed by atoms with Crippen LogP contribution in [0.3, 0.4) is 0 Å². The lowest BCUT2D eigenvalue weighted by molar-refractivity contribution is 0.503. The Hall–Kier alpha value is -3.29. The van der Waals surface area contributed by atoms with E-state index in [-0.39, 0.29) is 18.1 Å². The number of nitrogen functional groups attached to an aromatic ring is 1. The van der Waals surface area contributed by atoms with Gasteiger partial charge >= 0.3 is 5.69 Å². The third-order valence-electron chi connectivity index (χ3n) is 4.32. The Morgan fingerprint density at radius 2 is 2.00 bits per heavy atom. The zero-order chi connectivity index (χ0) is 19.4. The molecule has 0 aliphatic rings. The summed E-state index contributed by atoms with van der Waals surface area (Å²) in [7, 11) is 1.71. The second-order valence-corrected chi connectivity index (χ2v) is 6.34. The van der Waals surface area contributed by atoms with E-state index in [4.69, 9.17) is 10.2 Å². The number of aromatic amines is 1. The lowest BCUT2D eigenvalue weighted by atomic mass is 10.2. The molecule has 0 atom stereocenters. The van der Waals surface area contributed by atoms with Crippen LogP contribution in [0.4, 0.5) is 11.5 Å². The molecule has 0 spiro atoms. The first-order chi connectivity index (χ1) is 13.0. The number of H-pyrrole nitrogens is 1. The van der Waals surface area contributed by atoms with Crippen molar-refractivity contribution >= 4 is 11.5 Å². The summed E-state index contributed by atoms with van der Waals surface area (Å²) in [4.78, 5) is 32.6. The van der Waals surface area contributed by atoms with Crippen molar-refractivity contribution in [1.82, 2.24) is 14.5 Å². The van der Waals surface area contributed by atoms with Gasteiger partial charge in [0.1, 0.15) is 11.5 Å². The summed E-state index contributed by atoms with van der Waals surface area (Å²) in [5, 5.41) is 0. The van der Waals surface area contributed by atoms with Crippen molar-refractivity contribution in [3.8, 4) is 11.3 Å². The fraction of sp³-hybridized carbons (Fsp3) is 0.316. The summed E-state index contributed by atoms with van der Waals surface area (Å²) in [6.45, 7) is 2.72. The van der Waals surface area contributed by atoms with Crippen molar-refractivity contribution in [2.45, 2.75) is 32.9 Å². The van der Waals surface area contributed by atoms with E-state index in [2.05, 4.69) is 9.97 Å². The van der Waals surface area contributed by atoms with E-state index in [0.717, 1.165) is 18.4 Å². The smallest absolute Gasteiger partial charge is 0.330 e. The van der Waals surface area contributed by atoms with Crippen LogP contribution >= 0.6 is 0 Å². The van der Waals surface area contributed by atoms with Gasteiger partial charge in [0.05, 0.1) is 12.7 Å². The highest BCUT2D eigenvalue weighted by Crippen LogP contribution is 2.22. The molecule has 27 heavy (non-hydrogen) atoms. The molecule has 0 saturated carbocycles. The molecule has 0 aliphatic heterocycles. The molecule has 0 fully saturated rings. The summed E-state index contributed by atoms with van der Waals surface area (Å²) < 4.78 is 7.18. The van der Waals surface area contributed by atoms with Crippen LogP contribution in [0.25, 0.3) is 11.3 Å². The van der Waals surface area contributed by atoms with Gasteiger partial charge in [-0.05, 0) is 6.42 Å². The van der Waals surface area contributed by atoms with E-state index < -0.39 is 11.2 Å². The summed E-state index contributed by atoms with van der Waals surface area (Å²) in [6.07, 6.45) is 3.35. The van der Waals surface area contributed by atoms with Gasteiger partial charge in [0, 0.05) is 19.2 Å². The van der Waals surface area contributed by atoms with Crippen LogP contribution in [0.15, 0.2) is 50.5 Å². The monoisotopic (exact) mass is 369 g/mol. The van der Waals surface area contributed by atoms with Gasteiger partial charge in [0.15, 0.2) is 5.76 Å². The Bertz CT molecular complexity index is 1020. The largest absolute Gasteiger partial charge is 0.439 e. The average Bonchev–Trinajstić information content (AvgIpc) is 3.10. The number of nitrogens with one attached hydrogen (secondary N) is 1. The lowest BCUT2D eigenvalue weighted by Crippen LogP contribution is -2.37. The molecular weight excluding hydrogens is 346 g/mol. The van der Waals surface area contributed by atoms with Crippen LogP contribution in [0.2, 0.25) is 0 Å². The van der Waals surface area contributed by atoms with E-state index in [0.29, 0.717) is 18.2 Å². The van der Waals surface area contributed by atoms with Crippen LogP contribution in [-0.2, 0) is 13.1 Å². The van der Waals surface area contributed by atoms with Gasteiger partial charge in [0.2, 0.25) is 5.89 Å². The van der Waals surface area contributed by atoms with Crippen LogP contribution in [0, 0.1) is 0 Å². The summed E-state index contributed by atoms with van der Waals surface area (Å²) in [5.41, 5.74) is 6.25. The highest BCUT2D eigenvalue weighted by Gasteiger charge is 2.18. The van der Waals surface area contributed by atoms with Gasteiger partial charge in [-0.2, -0.15) is 0 Å². The van der Waals surface area contributed by atoms with Crippen molar-refractivity contribution < 1.29 is 4.42 Å². The molecule has 0 unspecified atom stereocenters. The Kier molecular flexibility index (Phi) is 5.44. The van der Waals surface area contributed by atoms with Crippen LogP contribution in [0.5, 0.6) is 0 Å². The van der Waals surface area contributed by atoms with E-state index in [9.17, 15) is 9.59 Å². The average molecular weight is 369 g/mol. The minimum atomic E-state index is -0.525. The number of nitrogens with zero attached hydrogens (tertiary/aromatic N) is 3. The summed E-state index contributed by atoms with van der Waals surface area (Å²) in [5.74, 6) is 1.24. The van der Waals surface area contributed by atoms with Crippen molar-refractivity contribution in [2.75, 3.05) is 17.7 Å². The van der Waals surface area contributed by atoms with Gasteiger partial charge in [-0.3, -0.25) is 14.3 Å². The maximum Gasteiger partial charge on any atom is 0.330 e. The normalized spacial score (nSPS) is 10.9. The maximum absolute atomic E-state index is 12.3. The Labute approximate surface area is 156 Å². The molecule has 0 radical (unpaired) electrons. The molecule has 3 rings (SSSR count). The van der Waals surface area contributed by atoms with Crippen molar-refractivity contribution in [3.05, 3.63) is 63.3 Å². The molecule has 0 amide bonds. The second kappa shape index (κ2) is 7.94. The van der Waals surface area contributed by atoms with E-state index in [1.165, 1.54) is 4.57 Å². The molecule has 2 heterocycles. The maximum atomic E-state index is 12.3. The molecule has 1 aromatic carbocycles. The molecule has 0 bridgehead atoms. The number of oxazole rings is 1. The van der Waals surface area contributed by atoms with Crippen LogP contribution < -0.4 is 21.9 Å². The zero-order valence-corrected chi connectivity index (χ0v) is 15.4. The summed E-state index contributed by atoms with van der Waals surface area (Å²) >= 11 is 0. The Balaban J connectivity index is 1.86. The van der Waals surface area contributed by atoms with E-state index >= 15 is 0 Å². The first kappa shape index (κ1) is 18.5. The van der Waals surface area contributed by atoms with Crippen LogP contribution in [-0.4, -0.2) is 21.6 Å². The fourth-order valence-corrected chi connectivity index (χ4v) is 2.89. The standard InChI is InChI=1S/C19H23N5O3/c1-3-4-10-24-17(20)16(18(25)22-19(24)26)23(2)12-15-21-11-14(27-15)13-8-6-5-7-9-13/h5-9,11H,3-4,10,12,20H2,1-2H3,(H,22,25,26). The van der Waals surface area contributed by atoms with Gasteiger partial charge in [0.25, 0.3) is 5.56 Å². The molecule has 142 valence electrons. The number of hydrogen-bond acceptors (Lipinski definition) is 6. The predicted molar refractivity (Wildman–Crippen MR) is 105 cm³/mol. The first-order valence-electron chi connectivity index (χ1n) is 8.85. The Morgan fingerprint density at radius 3 is 2.70 bits per heavy atom. The minimum Gasteiger partial charge on any atom is -0.439 e. The quantitative estimate of drug-likeness (QED) is 0.661. The third-order valence-corrected chi connectivity index (χ3v) is 4.32. The second-order valence-electron chi connectivity index (χ2n) is 6.34. The molecule has 0 saturated heterocycles. The first-order valence-corrected chi connectivity index (χ1v) is 8.85. The molecule has 0 aliphatic carbocycles. The molecule has 8 heteroatoms. The number of unbranched alkanes of at least 4 members (excludes halogenated alkanes) is 1. The zero-order valence-electron chi connectivity index (χ0n) is 15.4.